The molecular weight excluding hydrogens is 374 g/mol. The summed E-state index contributed by atoms with van der Waals surface area (Å²) in [6, 6.07) is 11.2. The second-order valence-electron chi connectivity index (χ2n) is 5.89. The van der Waals surface area contributed by atoms with Gasteiger partial charge in [0.1, 0.15) is 28.7 Å². The second-order valence-corrected chi connectivity index (χ2v) is 7.80. The van der Waals surface area contributed by atoms with Crippen LogP contribution in [0.4, 0.5) is 14.5 Å². The molecule has 138 valence electrons. The molecule has 6 nitrogen and oxygen atoms in total. The molecule has 0 saturated carbocycles. The average Bonchev–Trinajstić information content (AvgIpc) is 2.67. The van der Waals surface area contributed by atoms with Crippen molar-refractivity contribution in [2.75, 3.05) is 31.1 Å². The molecule has 3 rings (SSSR count). The van der Waals surface area contributed by atoms with Gasteiger partial charge in [-0.1, -0.05) is 6.07 Å². The molecule has 1 saturated heterocycles. The predicted molar refractivity (Wildman–Crippen MR) is 93.2 cm³/mol. The molecule has 0 radical (unpaired) electrons. The number of hydrogen-bond acceptors (Lipinski definition) is 5. The predicted octanol–water partition coefficient (Wildman–Crippen LogP) is 2.22. The van der Waals surface area contributed by atoms with Gasteiger partial charge in [-0.15, -0.1) is 0 Å². The number of rotatable bonds is 3. The lowest BCUT2D eigenvalue weighted by Gasteiger charge is -2.36. The van der Waals surface area contributed by atoms with Crippen molar-refractivity contribution < 1.29 is 17.2 Å². The van der Waals surface area contributed by atoms with Crippen molar-refractivity contribution in [1.29, 1.82) is 10.5 Å². The first kappa shape index (κ1) is 18.8. The van der Waals surface area contributed by atoms with Crippen molar-refractivity contribution in [2.24, 2.45) is 0 Å². The van der Waals surface area contributed by atoms with Gasteiger partial charge < -0.3 is 4.90 Å². The molecule has 0 spiro atoms. The first-order chi connectivity index (χ1) is 12.9. The maximum Gasteiger partial charge on any atom is 0.246 e. The third kappa shape index (κ3) is 3.47. The maximum atomic E-state index is 13.9. The zero-order chi connectivity index (χ0) is 19.6. The Hall–Kier alpha value is -3.01. The van der Waals surface area contributed by atoms with E-state index in [0.29, 0.717) is 22.9 Å². The van der Waals surface area contributed by atoms with E-state index in [9.17, 15) is 27.7 Å². The van der Waals surface area contributed by atoms with E-state index in [0.717, 1.165) is 16.4 Å². The van der Waals surface area contributed by atoms with E-state index < -0.39 is 26.6 Å². The fourth-order valence-electron chi connectivity index (χ4n) is 3.04. The van der Waals surface area contributed by atoms with Crippen LogP contribution in [0.5, 0.6) is 0 Å². The van der Waals surface area contributed by atoms with Crippen molar-refractivity contribution in [2.45, 2.75) is 4.90 Å². The molecule has 1 aliphatic heterocycles. The fourth-order valence-corrected chi connectivity index (χ4v) is 4.51. The summed E-state index contributed by atoms with van der Waals surface area (Å²) in [6.45, 7) is 0.554. The van der Waals surface area contributed by atoms with Crippen molar-refractivity contribution in [3.05, 3.63) is 59.2 Å². The number of halogens is 2. The molecule has 1 aliphatic rings. The van der Waals surface area contributed by atoms with Crippen LogP contribution in [0.3, 0.4) is 0 Å². The third-order valence-electron chi connectivity index (χ3n) is 4.34. The molecule has 1 fully saturated rings. The van der Waals surface area contributed by atoms with Gasteiger partial charge in [0.05, 0.1) is 16.8 Å². The summed E-state index contributed by atoms with van der Waals surface area (Å²) in [4.78, 5) is 1.19. The normalized spacial score (nSPS) is 15.2. The average molecular weight is 388 g/mol. The van der Waals surface area contributed by atoms with Crippen molar-refractivity contribution in [3.63, 3.8) is 0 Å². The van der Waals surface area contributed by atoms with Gasteiger partial charge in [0.15, 0.2) is 0 Å². The number of sulfonamides is 1. The monoisotopic (exact) mass is 388 g/mol. The molecule has 0 N–H and O–H groups in total. The highest BCUT2D eigenvalue weighted by Crippen LogP contribution is 2.28. The van der Waals surface area contributed by atoms with Gasteiger partial charge in [0, 0.05) is 32.2 Å². The molecule has 9 heteroatoms. The van der Waals surface area contributed by atoms with Crippen LogP contribution in [-0.2, 0) is 10.0 Å². The van der Waals surface area contributed by atoms with Gasteiger partial charge >= 0.3 is 0 Å². The summed E-state index contributed by atoms with van der Waals surface area (Å²) in [5.74, 6) is -1.99. The molecule has 2 aromatic carbocycles. The lowest BCUT2D eigenvalue weighted by molar-refractivity contribution is 0.382. The number of nitrogens with zero attached hydrogens (tertiary/aromatic N) is 4. The summed E-state index contributed by atoms with van der Waals surface area (Å²) in [6.07, 6.45) is 0. The van der Waals surface area contributed by atoms with Crippen LogP contribution in [0.1, 0.15) is 11.1 Å². The van der Waals surface area contributed by atoms with Gasteiger partial charge in [-0.05, 0) is 24.3 Å². The van der Waals surface area contributed by atoms with Crippen LogP contribution in [0, 0.1) is 34.3 Å². The summed E-state index contributed by atoms with van der Waals surface area (Å²) in [7, 11) is -4.11. The van der Waals surface area contributed by atoms with Gasteiger partial charge in [-0.2, -0.15) is 14.8 Å². The smallest absolute Gasteiger partial charge is 0.246 e. The first-order valence-corrected chi connectivity index (χ1v) is 9.46. The van der Waals surface area contributed by atoms with Gasteiger partial charge in [0.2, 0.25) is 10.0 Å². The van der Waals surface area contributed by atoms with E-state index in [2.05, 4.69) is 0 Å². The number of benzene rings is 2. The lowest BCUT2D eigenvalue weighted by atomic mass is 10.1. The summed E-state index contributed by atoms with van der Waals surface area (Å²) in [5.41, 5.74) is 1.12. The summed E-state index contributed by atoms with van der Waals surface area (Å²) < 4.78 is 53.4. The number of nitriles is 2. The number of para-hydroxylation sites is 1. The summed E-state index contributed by atoms with van der Waals surface area (Å²) >= 11 is 0. The minimum absolute atomic E-state index is 0.0454. The quantitative estimate of drug-likeness (QED) is 0.805. The van der Waals surface area contributed by atoms with E-state index in [-0.39, 0.29) is 26.2 Å². The van der Waals surface area contributed by atoms with E-state index in [4.69, 9.17) is 0 Å². The maximum absolute atomic E-state index is 13.9. The molecule has 1 heterocycles. The van der Waals surface area contributed by atoms with Crippen LogP contribution >= 0.6 is 0 Å². The topological polar surface area (TPSA) is 88.2 Å². The molecule has 2 aromatic rings. The van der Waals surface area contributed by atoms with Crippen molar-refractivity contribution in [3.8, 4) is 12.1 Å². The highest BCUT2D eigenvalue weighted by atomic mass is 32.2. The molecule has 0 aliphatic carbocycles. The first-order valence-electron chi connectivity index (χ1n) is 8.02. The number of piperazine rings is 1. The molecule has 0 unspecified atom stereocenters. The number of hydrogen-bond donors (Lipinski definition) is 0. The third-order valence-corrected chi connectivity index (χ3v) is 6.28. The molecule has 0 amide bonds. The van der Waals surface area contributed by atoms with Crippen LogP contribution in [0.25, 0.3) is 0 Å². The van der Waals surface area contributed by atoms with E-state index in [1.807, 2.05) is 12.1 Å². The zero-order valence-corrected chi connectivity index (χ0v) is 14.9. The van der Waals surface area contributed by atoms with Crippen LogP contribution in [-0.4, -0.2) is 38.9 Å². The molecule has 27 heavy (non-hydrogen) atoms. The second kappa shape index (κ2) is 7.31. The highest BCUT2D eigenvalue weighted by Gasteiger charge is 2.32. The molecule has 0 aromatic heterocycles. The number of anilines is 1. The van der Waals surface area contributed by atoms with Crippen molar-refractivity contribution in [1.82, 2.24) is 4.31 Å². The highest BCUT2D eigenvalue weighted by molar-refractivity contribution is 7.89. The van der Waals surface area contributed by atoms with Crippen LogP contribution in [0.2, 0.25) is 0 Å². The Kier molecular flexibility index (Phi) is 5.08. The molecule has 0 bridgehead atoms. The van der Waals surface area contributed by atoms with Gasteiger partial charge in [0.25, 0.3) is 0 Å². The van der Waals surface area contributed by atoms with Gasteiger partial charge in [-0.25, -0.2) is 17.2 Å². The Morgan fingerprint density at radius 2 is 1.52 bits per heavy atom. The standard InChI is InChI=1S/C18H14F2N4O2S/c19-15-4-5-17(16(20)10-15)27(25,26)24-8-6-23(7-9-24)18-13(11-21)2-1-3-14(18)12-22/h1-5,10H,6-9H2. The van der Waals surface area contributed by atoms with E-state index in [1.165, 1.54) is 0 Å². The van der Waals surface area contributed by atoms with Crippen LogP contribution < -0.4 is 4.90 Å². The Morgan fingerprint density at radius 1 is 0.926 bits per heavy atom. The Labute approximate surface area is 155 Å². The van der Waals surface area contributed by atoms with E-state index in [1.54, 1.807) is 23.1 Å². The van der Waals surface area contributed by atoms with E-state index >= 15 is 0 Å². The Bertz CT molecular complexity index is 1030. The summed E-state index contributed by atoms with van der Waals surface area (Å²) in [5, 5.41) is 18.6. The molecular formula is C18H14F2N4O2S. The fraction of sp³-hybridized carbons (Fsp3) is 0.222. The molecule has 0 atom stereocenters. The Balaban J connectivity index is 1.84. The Morgan fingerprint density at radius 3 is 2.04 bits per heavy atom. The SMILES string of the molecule is N#Cc1cccc(C#N)c1N1CCN(S(=O)(=O)c2ccc(F)cc2F)CC1. The van der Waals surface area contributed by atoms with Crippen molar-refractivity contribution >= 4 is 15.7 Å². The van der Waals surface area contributed by atoms with Crippen LogP contribution in [0.15, 0.2) is 41.3 Å². The minimum Gasteiger partial charge on any atom is -0.367 e. The zero-order valence-electron chi connectivity index (χ0n) is 14.1. The largest absolute Gasteiger partial charge is 0.367 e. The van der Waals surface area contributed by atoms with Gasteiger partial charge in [-0.3, -0.25) is 0 Å². The lowest BCUT2D eigenvalue weighted by Crippen LogP contribution is -2.49. The minimum atomic E-state index is -4.11.